The molecular weight excluding hydrogens is 242 g/mol. The molecule has 0 amide bonds. The molecule has 1 heterocycles. The van der Waals surface area contributed by atoms with Crippen molar-refractivity contribution in [3.63, 3.8) is 0 Å². The van der Waals surface area contributed by atoms with Crippen LogP contribution in [0, 0.1) is 17.2 Å². The average Bonchev–Trinajstić information content (AvgIpc) is 2.85. The maximum Gasteiger partial charge on any atom is 0.355 e. The van der Waals surface area contributed by atoms with E-state index in [0.29, 0.717) is 12.5 Å². The first-order chi connectivity index (χ1) is 9.22. The van der Waals surface area contributed by atoms with Gasteiger partial charge < -0.3 is 5.11 Å². The van der Waals surface area contributed by atoms with Crippen molar-refractivity contribution in [1.29, 1.82) is 5.26 Å². The highest BCUT2D eigenvalue weighted by molar-refractivity contribution is 5.88. The maximum absolute atomic E-state index is 11.1. The molecule has 5 nitrogen and oxygen atoms in total. The van der Waals surface area contributed by atoms with E-state index in [1.165, 1.54) is 30.1 Å². The Bertz CT molecular complexity index is 468. The smallest absolute Gasteiger partial charge is 0.355 e. The van der Waals surface area contributed by atoms with Crippen LogP contribution in [-0.2, 0) is 6.54 Å². The van der Waals surface area contributed by atoms with E-state index in [-0.39, 0.29) is 11.3 Å². The van der Waals surface area contributed by atoms with E-state index >= 15 is 0 Å². The molecule has 1 saturated carbocycles. The number of aromatic nitrogens is 2. The largest absolute Gasteiger partial charge is 0.476 e. The van der Waals surface area contributed by atoms with Gasteiger partial charge in [0.15, 0.2) is 5.69 Å². The molecule has 1 fully saturated rings. The summed E-state index contributed by atoms with van der Waals surface area (Å²) < 4.78 is 1.47. The third kappa shape index (κ3) is 3.68. The fraction of sp³-hybridized carbons (Fsp3) is 0.500. The topological polar surface area (TPSA) is 78.9 Å². The lowest BCUT2D eigenvalue weighted by Gasteiger charge is -2.21. The van der Waals surface area contributed by atoms with E-state index in [0.717, 1.165) is 12.8 Å². The number of aromatic carboxylic acids is 1. The molecule has 1 N–H and O–H groups in total. The Labute approximate surface area is 113 Å². The van der Waals surface area contributed by atoms with Crippen LogP contribution < -0.4 is 0 Å². The van der Waals surface area contributed by atoms with E-state index in [1.807, 2.05) is 6.07 Å². The van der Waals surface area contributed by atoms with Gasteiger partial charge in [-0.05, 0) is 18.8 Å². The molecule has 1 aromatic heterocycles. The lowest BCUT2D eigenvalue weighted by atomic mass is 9.89. The van der Waals surface area contributed by atoms with Crippen LogP contribution in [0.4, 0.5) is 0 Å². The van der Waals surface area contributed by atoms with Crippen molar-refractivity contribution in [3.8, 4) is 6.07 Å². The van der Waals surface area contributed by atoms with Crippen LogP contribution in [0.25, 0.3) is 0 Å². The van der Waals surface area contributed by atoms with Gasteiger partial charge in [-0.3, -0.25) is 4.68 Å². The number of rotatable bonds is 3. The number of hydrogen-bond acceptors (Lipinski definition) is 3. The Balaban J connectivity index is 0.000000861. The van der Waals surface area contributed by atoms with Crippen LogP contribution in [0.1, 0.15) is 48.2 Å². The summed E-state index contributed by atoms with van der Waals surface area (Å²) in [7, 11) is 0. The monoisotopic (exact) mass is 261 g/mol. The first kappa shape index (κ1) is 15.0. The highest BCUT2D eigenvalue weighted by Gasteiger charge is 2.21. The second kappa shape index (κ2) is 7.37. The average molecular weight is 261 g/mol. The van der Waals surface area contributed by atoms with Crippen LogP contribution in [-0.4, -0.2) is 20.9 Å². The van der Waals surface area contributed by atoms with Crippen molar-refractivity contribution in [2.45, 2.75) is 38.6 Å². The van der Waals surface area contributed by atoms with Crippen LogP contribution in [0.5, 0.6) is 0 Å². The van der Waals surface area contributed by atoms with Gasteiger partial charge in [-0.15, -0.1) is 13.2 Å². The van der Waals surface area contributed by atoms with Crippen molar-refractivity contribution in [2.75, 3.05) is 0 Å². The molecule has 2 rings (SSSR count). The SMILES string of the molecule is C=C.N#Cc1cnn(CC2CCCCC2)c1C(=O)O. The zero-order valence-electron chi connectivity index (χ0n) is 11.0. The summed E-state index contributed by atoms with van der Waals surface area (Å²) in [5.74, 6) is -0.580. The lowest BCUT2D eigenvalue weighted by Crippen LogP contribution is -2.19. The molecule has 1 aromatic rings. The zero-order valence-corrected chi connectivity index (χ0v) is 11.0. The van der Waals surface area contributed by atoms with Crippen molar-refractivity contribution < 1.29 is 9.90 Å². The first-order valence-corrected chi connectivity index (χ1v) is 6.41. The summed E-state index contributed by atoms with van der Waals surface area (Å²) in [6.07, 6.45) is 7.28. The van der Waals surface area contributed by atoms with Gasteiger partial charge in [0, 0.05) is 6.54 Å². The van der Waals surface area contributed by atoms with E-state index in [9.17, 15) is 4.79 Å². The molecule has 1 aliphatic carbocycles. The van der Waals surface area contributed by atoms with Crippen LogP contribution in [0.15, 0.2) is 19.4 Å². The molecule has 0 unspecified atom stereocenters. The summed E-state index contributed by atoms with van der Waals surface area (Å²) in [5.41, 5.74) is 0.173. The van der Waals surface area contributed by atoms with E-state index in [4.69, 9.17) is 10.4 Å². The summed E-state index contributed by atoms with van der Waals surface area (Å²) in [4.78, 5) is 11.1. The van der Waals surface area contributed by atoms with E-state index in [2.05, 4.69) is 18.3 Å². The van der Waals surface area contributed by atoms with Gasteiger partial charge in [0.05, 0.1) is 6.20 Å². The molecule has 0 radical (unpaired) electrons. The van der Waals surface area contributed by atoms with Gasteiger partial charge in [0.2, 0.25) is 0 Å². The Morgan fingerprint density at radius 2 is 2.11 bits per heavy atom. The number of nitrogens with zero attached hydrogens (tertiary/aromatic N) is 3. The van der Waals surface area contributed by atoms with Crippen molar-refractivity contribution in [3.05, 3.63) is 30.6 Å². The molecule has 0 atom stereocenters. The normalized spacial score (nSPS) is 15.1. The standard InChI is InChI=1S/C12H15N3O2.C2H4/c13-6-10-7-14-15(11(10)12(16)17)8-9-4-2-1-3-5-9;1-2/h7,9H,1-5,8H2,(H,16,17);1-2H2. The van der Waals surface area contributed by atoms with Gasteiger partial charge in [-0.1, -0.05) is 19.3 Å². The molecule has 0 bridgehead atoms. The quantitative estimate of drug-likeness (QED) is 0.848. The fourth-order valence-corrected chi connectivity index (χ4v) is 2.45. The third-order valence-electron chi connectivity index (χ3n) is 3.32. The minimum atomic E-state index is -1.07. The minimum absolute atomic E-state index is 0.0260. The number of carboxylic acid groups (broad SMARTS) is 1. The summed E-state index contributed by atoms with van der Waals surface area (Å²) in [5, 5.41) is 21.9. The molecule has 5 heteroatoms. The first-order valence-electron chi connectivity index (χ1n) is 6.41. The van der Waals surface area contributed by atoms with Gasteiger partial charge in [-0.2, -0.15) is 10.4 Å². The number of carbonyl (C=O) groups is 1. The summed E-state index contributed by atoms with van der Waals surface area (Å²) in [6, 6.07) is 1.87. The fourth-order valence-electron chi connectivity index (χ4n) is 2.45. The van der Waals surface area contributed by atoms with Gasteiger partial charge in [-0.25, -0.2) is 4.79 Å². The Kier molecular flexibility index (Phi) is 5.80. The zero-order chi connectivity index (χ0) is 14.3. The molecule has 19 heavy (non-hydrogen) atoms. The minimum Gasteiger partial charge on any atom is -0.476 e. The molecule has 102 valence electrons. The van der Waals surface area contributed by atoms with Gasteiger partial charge in [0.1, 0.15) is 11.6 Å². The second-order valence-corrected chi connectivity index (χ2v) is 4.51. The molecule has 0 spiro atoms. The number of nitriles is 1. The van der Waals surface area contributed by atoms with E-state index < -0.39 is 5.97 Å². The van der Waals surface area contributed by atoms with Gasteiger partial charge in [0.25, 0.3) is 0 Å². The van der Waals surface area contributed by atoms with Gasteiger partial charge >= 0.3 is 5.97 Å². The second-order valence-electron chi connectivity index (χ2n) is 4.51. The molecular formula is C14H19N3O2. The Morgan fingerprint density at radius 3 is 2.63 bits per heavy atom. The van der Waals surface area contributed by atoms with Crippen molar-refractivity contribution >= 4 is 5.97 Å². The number of hydrogen-bond donors (Lipinski definition) is 1. The Hall–Kier alpha value is -2.09. The molecule has 1 aliphatic rings. The highest BCUT2D eigenvalue weighted by Crippen LogP contribution is 2.25. The van der Waals surface area contributed by atoms with Crippen LogP contribution in [0.3, 0.4) is 0 Å². The predicted octanol–water partition coefficient (Wildman–Crippen LogP) is 2.84. The maximum atomic E-state index is 11.1. The lowest BCUT2D eigenvalue weighted by molar-refractivity contribution is 0.0680. The number of carboxylic acids is 1. The molecule has 0 aromatic carbocycles. The van der Waals surface area contributed by atoms with Crippen LogP contribution >= 0.6 is 0 Å². The molecule has 0 saturated heterocycles. The van der Waals surface area contributed by atoms with Crippen molar-refractivity contribution in [2.24, 2.45) is 5.92 Å². The third-order valence-corrected chi connectivity index (χ3v) is 3.32. The predicted molar refractivity (Wildman–Crippen MR) is 71.7 cm³/mol. The Morgan fingerprint density at radius 1 is 1.47 bits per heavy atom. The summed E-state index contributed by atoms with van der Waals surface area (Å²) >= 11 is 0. The van der Waals surface area contributed by atoms with Crippen LogP contribution in [0.2, 0.25) is 0 Å². The molecule has 0 aliphatic heterocycles. The summed E-state index contributed by atoms with van der Waals surface area (Å²) in [6.45, 7) is 6.61. The van der Waals surface area contributed by atoms with E-state index in [1.54, 1.807) is 0 Å². The highest BCUT2D eigenvalue weighted by atomic mass is 16.4. The van der Waals surface area contributed by atoms with Crippen molar-refractivity contribution in [1.82, 2.24) is 9.78 Å².